The Morgan fingerprint density at radius 1 is 1.11 bits per heavy atom. The number of amides is 2. The number of fused-ring (bicyclic) bond motifs is 1. The molecule has 2 amide bonds. The van der Waals surface area contributed by atoms with Crippen molar-refractivity contribution in [1.82, 2.24) is 29.3 Å². The quantitative estimate of drug-likeness (QED) is 0.101. The van der Waals surface area contributed by atoms with Gasteiger partial charge in [0, 0.05) is 73.7 Å². The van der Waals surface area contributed by atoms with E-state index < -0.39 is 12.1 Å². The molecule has 2 aliphatic heterocycles. The van der Waals surface area contributed by atoms with Gasteiger partial charge in [0.05, 0.1) is 42.5 Å². The molecule has 0 spiro atoms. The first-order valence-corrected chi connectivity index (χ1v) is 20.1. The number of rotatable bonds is 19. The molecule has 0 saturated carbocycles. The molecule has 3 aromatic rings. The second kappa shape index (κ2) is 19.5. The largest absolute Gasteiger partial charge is 0.470 e. The van der Waals surface area contributed by atoms with E-state index in [1.165, 1.54) is 0 Å². The SMILES string of the molecule is CCN(CC)CCNC(=O)c1c(C)[nH]c(/C=C2\C(=O)Nc3ccc(CC(=O)CCC(=O)O[C@@H](CNC(C)(C)C)COc4nsnc4N4CCOCC4)cc32)c1C. The third kappa shape index (κ3) is 11.5. The number of aromatic nitrogens is 3. The van der Waals surface area contributed by atoms with E-state index in [-0.39, 0.29) is 49.0 Å². The summed E-state index contributed by atoms with van der Waals surface area (Å²) in [6.07, 6.45) is 1.11. The number of aromatic amines is 1. The molecule has 0 bridgehead atoms. The maximum absolute atomic E-state index is 13.1. The van der Waals surface area contributed by atoms with Crippen LogP contribution in [0.15, 0.2) is 18.2 Å². The lowest BCUT2D eigenvalue weighted by molar-refractivity contribution is -0.151. The highest BCUT2D eigenvalue weighted by molar-refractivity contribution is 6.99. The van der Waals surface area contributed by atoms with Crippen LogP contribution in [0.25, 0.3) is 11.6 Å². The number of likely N-dealkylation sites (N-methyl/N-ethyl adjacent to an activating group) is 1. The molecule has 1 fully saturated rings. The molecular weight excluding hydrogens is 737 g/mol. The molecule has 0 aliphatic carbocycles. The average molecular weight is 793 g/mol. The topological polar surface area (TPSA) is 180 Å². The number of ether oxygens (including phenoxy) is 3. The van der Waals surface area contributed by atoms with Crippen LogP contribution in [0.5, 0.6) is 5.88 Å². The Morgan fingerprint density at radius 3 is 2.57 bits per heavy atom. The van der Waals surface area contributed by atoms with Gasteiger partial charge in [0.25, 0.3) is 17.7 Å². The first kappa shape index (κ1) is 42.5. The van der Waals surface area contributed by atoms with Crippen LogP contribution in [0.1, 0.15) is 85.9 Å². The highest BCUT2D eigenvalue weighted by Gasteiger charge is 2.27. The summed E-state index contributed by atoms with van der Waals surface area (Å²) in [5.41, 5.74) is 4.90. The number of hydrogen-bond acceptors (Lipinski definition) is 13. The molecule has 0 unspecified atom stereocenters. The number of hydrogen-bond donors (Lipinski definition) is 4. The Morgan fingerprint density at radius 2 is 1.86 bits per heavy atom. The van der Waals surface area contributed by atoms with Crippen molar-refractivity contribution in [2.45, 2.75) is 79.4 Å². The molecule has 4 N–H and O–H groups in total. The van der Waals surface area contributed by atoms with Gasteiger partial charge in [-0.25, -0.2) is 0 Å². The molecule has 1 saturated heterocycles. The van der Waals surface area contributed by atoms with Crippen LogP contribution in [0.4, 0.5) is 11.5 Å². The molecule has 5 rings (SSSR count). The van der Waals surface area contributed by atoms with Crippen molar-refractivity contribution in [2.75, 3.05) is 75.9 Å². The number of nitrogens with zero attached hydrogens (tertiary/aromatic N) is 4. The van der Waals surface area contributed by atoms with Crippen LogP contribution in [0, 0.1) is 13.8 Å². The Balaban J connectivity index is 1.18. The zero-order chi connectivity index (χ0) is 40.4. The van der Waals surface area contributed by atoms with Crippen LogP contribution in [-0.2, 0) is 30.3 Å². The van der Waals surface area contributed by atoms with Gasteiger partial charge >= 0.3 is 5.97 Å². The molecule has 2 aliphatic rings. The van der Waals surface area contributed by atoms with Crippen molar-refractivity contribution in [3.05, 3.63) is 51.8 Å². The Hall–Kier alpha value is -4.64. The lowest BCUT2D eigenvalue weighted by Gasteiger charge is -2.27. The Kier molecular flexibility index (Phi) is 14.8. The number of carbonyl (C=O) groups excluding carboxylic acids is 4. The van der Waals surface area contributed by atoms with Gasteiger partial charge < -0.3 is 44.9 Å². The van der Waals surface area contributed by atoms with Crippen LogP contribution >= 0.6 is 11.7 Å². The van der Waals surface area contributed by atoms with Gasteiger partial charge in [-0.3, -0.25) is 19.2 Å². The molecule has 1 aromatic carbocycles. The first-order valence-electron chi connectivity index (χ1n) is 19.4. The van der Waals surface area contributed by atoms with Gasteiger partial charge in [0.1, 0.15) is 18.5 Å². The van der Waals surface area contributed by atoms with Gasteiger partial charge in [-0.05, 0) is 77.0 Å². The van der Waals surface area contributed by atoms with Crippen molar-refractivity contribution >= 4 is 58.4 Å². The number of nitrogens with one attached hydrogen (secondary N) is 4. The summed E-state index contributed by atoms with van der Waals surface area (Å²) in [7, 11) is 0. The van der Waals surface area contributed by atoms with Crippen molar-refractivity contribution in [2.24, 2.45) is 0 Å². The summed E-state index contributed by atoms with van der Waals surface area (Å²) in [4.78, 5) is 60.0. The number of benzene rings is 1. The van der Waals surface area contributed by atoms with E-state index in [9.17, 15) is 19.2 Å². The van der Waals surface area contributed by atoms with Crippen LogP contribution < -0.4 is 25.6 Å². The summed E-state index contributed by atoms with van der Waals surface area (Å²) < 4.78 is 26.0. The van der Waals surface area contributed by atoms with Gasteiger partial charge in [-0.15, -0.1) is 4.37 Å². The predicted octanol–water partition coefficient (Wildman–Crippen LogP) is 4.15. The Bertz CT molecular complexity index is 1890. The molecule has 0 radical (unpaired) electrons. The second-order valence-corrected chi connectivity index (χ2v) is 15.6. The van der Waals surface area contributed by atoms with Crippen molar-refractivity contribution in [3.63, 3.8) is 0 Å². The first-order chi connectivity index (χ1) is 26.8. The standard InChI is InChI=1S/C40H56N8O7S/c1-8-47(9-2)15-14-41-38(52)35-25(3)33(43-26(35)4)22-31-30-21-27(10-12-32(30)44-37(31)51)20-28(49)11-13-34(50)55-29(23-42-40(5,6)7)24-54-39-36(45-56-46-39)48-16-18-53-19-17-48/h10,12,21-22,29,42-43H,8-9,11,13-20,23-24H2,1-7H3,(H,41,52)(H,44,51)/b31-22-/t29-/m0/s1. The molecule has 2 aromatic heterocycles. The normalized spacial score (nSPS) is 15.5. The van der Waals surface area contributed by atoms with E-state index in [0.29, 0.717) is 90.4 Å². The zero-order valence-electron chi connectivity index (χ0n) is 33.6. The second-order valence-electron chi connectivity index (χ2n) is 15.1. The summed E-state index contributed by atoms with van der Waals surface area (Å²) in [5, 5.41) is 9.28. The Labute approximate surface area is 333 Å². The van der Waals surface area contributed by atoms with E-state index in [4.69, 9.17) is 14.2 Å². The van der Waals surface area contributed by atoms with E-state index in [0.717, 1.165) is 36.9 Å². The van der Waals surface area contributed by atoms with E-state index in [1.54, 1.807) is 18.2 Å². The third-order valence-corrected chi connectivity index (χ3v) is 10.3. The van der Waals surface area contributed by atoms with Crippen LogP contribution in [0.3, 0.4) is 0 Å². The molecular formula is C40H56N8O7S. The third-order valence-electron chi connectivity index (χ3n) is 9.79. The van der Waals surface area contributed by atoms with E-state index in [1.807, 2.05) is 40.7 Å². The number of H-pyrrole nitrogens is 1. The van der Waals surface area contributed by atoms with Crippen molar-refractivity contribution in [1.29, 1.82) is 0 Å². The number of ketones is 1. The molecule has 4 heterocycles. The lowest BCUT2D eigenvalue weighted by Crippen LogP contribution is -2.44. The number of morpholine rings is 1. The van der Waals surface area contributed by atoms with Crippen molar-refractivity contribution in [3.8, 4) is 5.88 Å². The summed E-state index contributed by atoms with van der Waals surface area (Å²) in [6, 6.07) is 5.40. The molecule has 16 heteroatoms. The number of esters is 1. The van der Waals surface area contributed by atoms with Crippen LogP contribution in [-0.4, -0.2) is 119 Å². The minimum atomic E-state index is -0.627. The van der Waals surface area contributed by atoms with Crippen LogP contribution in [0.2, 0.25) is 0 Å². The zero-order valence-corrected chi connectivity index (χ0v) is 34.5. The summed E-state index contributed by atoms with van der Waals surface area (Å²) in [6.45, 7) is 20.1. The predicted molar refractivity (Wildman–Crippen MR) is 217 cm³/mol. The highest BCUT2D eigenvalue weighted by atomic mass is 32.1. The fourth-order valence-corrected chi connectivity index (χ4v) is 7.13. The van der Waals surface area contributed by atoms with Crippen molar-refractivity contribution < 1.29 is 33.4 Å². The smallest absolute Gasteiger partial charge is 0.306 e. The molecule has 56 heavy (non-hydrogen) atoms. The van der Waals surface area contributed by atoms with Gasteiger partial charge in [0.2, 0.25) is 5.82 Å². The van der Waals surface area contributed by atoms with Gasteiger partial charge in [0.15, 0.2) is 0 Å². The minimum Gasteiger partial charge on any atom is -0.470 e. The fraction of sp³-hybridized carbons (Fsp3) is 0.550. The maximum Gasteiger partial charge on any atom is 0.306 e. The minimum absolute atomic E-state index is 0.00599. The summed E-state index contributed by atoms with van der Waals surface area (Å²) >= 11 is 1.06. The van der Waals surface area contributed by atoms with Gasteiger partial charge in [-0.1, -0.05) is 19.9 Å². The van der Waals surface area contributed by atoms with E-state index in [2.05, 4.69) is 53.3 Å². The molecule has 15 nitrogen and oxygen atoms in total. The number of anilines is 2. The number of aryl methyl sites for hydroxylation is 1. The highest BCUT2D eigenvalue weighted by Crippen LogP contribution is 2.35. The van der Waals surface area contributed by atoms with Gasteiger partial charge in [-0.2, -0.15) is 4.37 Å². The average Bonchev–Trinajstić information content (AvgIpc) is 3.84. The van der Waals surface area contributed by atoms with E-state index >= 15 is 0 Å². The molecule has 1 atom stereocenters. The fourth-order valence-electron chi connectivity index (χ4n) is 6.61. The summed E-state index contributed by atoms with van der Waals surface area (Å²) in [5.74, 6) is -0.0365. The number of Topliss-reactive ketones (excluding diaryl/α,β-unsaturated/α-hetero) is 1. The lowest BCUT2D eigenvalue weighted by atomic mass is 9.98. The molecule has 304 valence electrons. The monoisotopic (exact) mass is 792 g/mol. The number of carbonyl (C=O) groups is 4. The maximum atomic E-state index is 13.1.